The van der Waals surface area contributed by atoms with Crippen LogP contribution in [0.3, 0.4) is 0 Å². The molecule has 0 aliphatic carbocycles. The van der Waals surface area contributed by atoms with Gasteiger partial charge in [0.05, 0.1) is 13.7 Å². The number of hydrogen-bond acceptors (Lipinski definition) is 3. The van der Waals surface area contributed by atoms with E-state index in [9.17, 15) is 14.0 Å². The van der Waals surface area contributed by atoms with Crippen LogP contribution in [0.5, 0.6) is 5.75 Å². The summed E-state index contributed by atoms with van der Waals surface area (Å²) < 4.78 is 19.9. The Balaban J connectivity index is 2.40. The Morgan fingerprint density at radius 1 is 1.33 bits per heavy atom. The number of nitrogens with one attached hydrogen (secondary N) is 1. The highest BCUT2D eigenvalue weighted by Gasteiger charge is 2.09. The molecule has 94 valence electrons. The largest absolute Gasteiger partial charge is 0.494 e. The molecule has 0 aliphatic heterocycles. The van der Waals surface area contributed by atoms with E-state index in [2.05, 4.69) is 4.98 Å². The topological polar surface area (TPSA) is 64.1 Å². The fourth-order valence-corrected chi connectivity index (χ4v) is 1.59. The fourth-order valence-electron chi connectivity index (χ4n) is 1.59. The van der Waals surface area contributed by atoms with Crippen molar-refractivity contribution in [1.82, 2.24) is 9.55 Å². The van der Waals surface area contributed by atoms with Crippen LogP contribution in [-0.4, -0.2) is 16.7 Å². The first-order chi connectivity index (χ1) is 8.61. The molecular weight excluding hydrogens is 239 g/mol. The quantitative estimate of drug-likeness (QED) is 0.873. The number of ether oxygens (including phenoxy) is 1. The highest BCUT2D eigenvalue weighted by Crippen LogP contribution is 2.20. The molecule has 1 aromatic heterocycles. The van der Waals surface area contributed by atoms with Crippen LogP contribution in [-0.2, 0) is 6.54 Å². The summed E-state index contributed by atoms with van der Waals surface area (Å²) in [6, 6.07) is 5.89. The maximum atomic E-state index is 13.9. The van der Waals surface area contributed by atoms with Gasteiger partial charge in [-0.15, -0.1) is 0 Å². The van der Waals surface area contributed by atoms with Crippen molar-refractivity contribution in [2.24, 2.45) is 0 Å². The zero-order valence-electron chi connectivity index (χ0n) is 9.64. The van der Waals surface area contributed by atoms with Crippen molar-refractivity contribution in [3.8, 4) is 5.75 Å². The normalized spacial score (nSPS) is 10.3. The van der Waals surface area contributed by atoms with Gasteiger partial charge in [0.15, 0.2) is 11.6 Å². The SMILES string of the molecule is COc1cccc(Cn2ccc(=O)[nH]c2=O)c1F. The van der Waals surface area contributed by atoms with Crippen LogP contribution in [0, 0.1) is 5.82 Å². The van der Waals surface area contributed by atoms with E-state index >= 15 is 0 Å². The summed E-state index contributed by atoms with van der Waals surface area (Å²) in [5.74, 6) is -0.400. The summed E-state index contributed by atoms with van der Waals surface area (Å²) in [5, 5.41) is 0. The van der Waals surface area contributed by atoms with Crippen LogP contribution in [0.4, 0.5) is 4.39 Å². The zero-order chi connectivity index (χ0) is 13.1. The first-order valence-corrected chi connectivity index (χ1v) is 5.23. The number of hydrogen-bond donors (Lipinski definition) is 1. The lowest BCUT2D eigenvalue weighted by Gasteiger charge is -2.08. The summed E-state index contributed by atoms with van der Waals surface area (Å²) in [6.07, 6.45) is 1.32. The van der Waals surface area contributed by atoms with Crippen LogP contribution in [0.15, 0.2) is 40.1 Å². The van der Waals surface area contributed by atoms with Crippen LogP contribution in [0.25, 0.3) is 0 Å². The molecular formula is C12H11FN2O3. The van der Waals surface area contributed by atoms with E-state index in [1.54, 1.807) is 12.1 Å². The smallest absolute Gasteiger partial charge is 0.328 e. The molecule has 1 N–H and O–H groups in total. The van der Waals surface area contributed by atoms with Crippen LogP contribution in [0.2, 0.25) is 0 Å². The number of H-pyrrole nitrogens is 1. The molecule has 0 amide bonds. The van der Waals surface area contributed by atoms with E-state index in [0.29, 0.717) is 5.56 Å². The molecule has 18 heavy (non-hydrogen) atoms. The van der Waals surface area contributed by atoms with E-state index in [1.165, 1.54) is 30.0 Å². The fraction of sp³-hybridized carbons (Fsp3) is 0.167. The van der Waals surface area contributed by atoms with Crippen LogP contribution in [0.1, 0.15) is 5.56 Å². The Morgan fingerprint density at radius 2 is 2.11 bits per heavy atom. The Kier molecular flexibility index (Phi) is 3.27. The monoisotopic (exact) mass is 250 g/mol. The first kappa shape index (κ1) is 12.1. The Bertz CT molecular complexity index is 676. The van der Waals surface area contributed by atoms with E-state index in [4.69, 9.17) is 4.74 Å². The van der Waals surface area contributed by atoms with Crippen molar-refractivity contribution in [3.05, 3.63) is 62.7 Å². The third-order valence-corrected chi connectivity index (χ3v) is 2.50. The number of rotatable bonds is 3. The molecule has 0 aliphatic rings. The minimum absolute atomic E-state index is 0.0264. The van der Waals surface area contributed by atoms with E-state index in [0.717, 1.165) is 0 Å². The number of aromatic nitrogens is 2. The summed E-state index contributed by atoms with van der Waals surface area (Å²) >= 11 is 0. The van der Waals surface area contributed by atoms with Crippen molar-refractivity contribution in [2.45, 2.75) is 6.54 Å². The Hall–Kier alpha value is -2.37. The lowest BCUT2D eigenvalue weighted by Crippen LogP contribution is -2.29. The maximum Gasteiger partial charge on any atom is 0.328 e. The summed E-state index contributed by atoms with van der Waals surface area (Å²) in [6.45, 7) is 0.0264. The molecule has 2 rings (SSSR count). The van der Waals surface area contributed by atoms with Crippen LogP contribution < -0.4 is 16.0 Å². The summed E-state index contributed by atoms with van der Waals surface area (Å²) in [4.78, 5) is 24.5. The molecule has 0 spiro atoms. The molecule has 2 aromatic rings. The Morgan fingerprint density at radius 3 is 2.78 bits per heavy atom. The molecule has 0 bridgehead atoms. The van der Waals surface area contributed by atoms with Crippen molar-refractivity contribution in [2.75, 3.05) is 7.11 Å². The molecule has 6 heteroatoms. The first-order valence-electron chi connectivity index (χ1n) is 5.23. The predicted molar refractivity (Wildman–Crippen MR) is 63.4 cm³/mol. The van der Waals surface area contributed by atoms with Crippen molar-refractivity contribution in [1.29, 1.82) is 0 Å². The molecule has 1 heterocycles. The number of methoxy groups -OCH3 is 1. The standard InChI is InChI=1S/C12H11FN2O3/c1-18-9-4-2-3-8(11(9)13)7-15-6-5-10(16)14-12(15)17/h2-6H,7H2,1H3,(H,14,16,17). The second-order valence-electron chi connectivity index (χ2n) is 3.67. The van der Waals surface area contributed by atoms with Gasteiger partial charge in [-0.05, 0) is 6.07 Å². The van der Waals surface area contributed by atoms with Gasteiger partial charge in [-0.2, -0.15) is 0 Å². The van der Waals surface area contributed by atoms with Gasteiger partial charge in [-0.1, -0.05) is 12.1 Å². The molecule has 0 atom stereocenters. The molecule has 0 fully saturated rings. The molecule has 1 aromatic carbocycles. The number of benzene rings is 1. The van der Waals surface area contributed by atoms with Gasteiger partial charge in [0.25, 0.3) is 5.56 Å². The minimum Gasteiger partial charge on any atom is -0.494 e. The molecule has 0 saturated carbocycles. The molecule has 0 unspecified atom stereocenters. The number of aromatic amines is 1. The number of nitrogens with zero attached hydrogens (tertiary/aromatic N) is 1. The van der Waals surface area contributed by atoms with E-state index in [-0.39, 0.29) is 12.3 Å². The zero-order valence-corrected chi connectivity index (χ0v) is 9.64. The van der Waals surface area contributed by atoms with Gasteiger partial charge in [0.2, 0.25) is 0 Å². The van der Waals surface area contributed by atoms with Gasteiger partial charge in [0, 0.05) is 17.8 Å². The average molecular weight is 250 g/mol. The van der Waals surface area contributed by atoms with Gasteiger partial charge in [0.1, 0.15) is 0 Å². The molecule has 0 saturated heterocycles. The third-order valence-electron chi connectivity index (χ3n) is 2.50. The summed E-state index contributed by atoms with van der Waals surface area (Å²) in [7, 11) is 1.37. The molecule has 0 radical (unpaired) electrons. The van der Waals surface area contributed by atoms with Crippen molar-refractivity contribution < 1.29 is 9.13 Å². The lowest BCUT2D eigenvalue weighted by atomic mass is 10.2. The minimum atomic E-state index is -0.579. The van der Waals surface area contributed by atoms with Gasteiger partial charge < -0.3 is 4.74 Å². The van der Waals surface area contributed by atoms with E-state index < -0.39 is 17.1 Å². The average Bonchev–Trinajstić information content (AvgIpc) is 2.35. The maximum absolute atomic E-state index is 13.9. The molecule has 5 nitrogen and oxygen atoms in total. The van der Waals surface area contributed by atoms with Gasteiger partial charge >= 0.3 is 5.69 Å². The second-order valence-corrected chi connectivity index (χ2v) is 3.67. The van der Waals surface area contributed by atoms with Crippen LogP contribution >= 0.6 is 0 Å². The number of halogens is 1. The highest BCUT2D eigenvalue weighted by atomic mass is 19.1. The lowest BCUT2D eigenvalue weighted by molar-refractivity contribution is 0.383. The third kappa shape index (κ3) is 2.32. The Labute approximate surface area is 101 Å². The van der Waals surface area contributed by atoms with Gasteiger partial charge in [-0.25, -0.2) is 9.18 Å². The highest BCUT2D eigenvalue weighted by molar-refractivity contribution is 5.31. The van der Waals surface area contributed by atoms with E-state index in [1.807, 2.05) is 0 Å². The summed E-state index contributed by atoms with van der Waals surface area (Å²) in [5.41, 5.74) is -0.754. The van der Waals surface area contributed by atoms with Gasteiger partial charge in [-0.3, -0.25) is 14.3 Å². The second kappa shape index (κ2) is 4.87. The predicted octanol–water partition coefficient (Wildman–Crippen LogP) is 0.733. The van der Waals surface area contributed by atoms with Crippen molar-refractivity contribution >= 4 is 0 Å². The van der Waals surface area contributed by atoms with Crippen molar-refractivity contribution in [3.63, 3.8) is 0 Å².